The minimum absolute atomic E-state index is 0.0221. The third-order valence-corrected chi connectivity index (χ3v) is 3.92. The number of hydrogen-bond acceptors (Lipinski definition) is 3. The molecule has 17 heavy (non-hydrogen) atoms. The molecule has 2 rings (SSSR count). The second-order valence-electron chi connectivity index (χ2n) is 4.31. The molecule has 0 spiro atoms. The van der Waals surface area contributed by atoms with Crippen molar-refractivity contribution in [3.05, 3.63) is 21.9 Å². The second-order valence-corrected chi connectivity index (χ2v) is 5.39. The number of aliphatic hydroxyl groups excluding tert-OH is 1. The maximum absolute atomic E-state index is 11.8. The molecule has 0 aromatic carbocycles. The van der Waals surface area contributed by atoms with Gasteiger partial charge in [0.05, 0.1) is 9.75 Å². The highest BCUT2D eigenvalue weighted by Crippen LogP contribution is 2.36. The van der Waals surface area contributed by atoms with Crippen molar-refractivity contribution in [1.29, 1.82) is 0 Å². The third-order valence-electron chi connectivity index (χ3n) is 2.92. The van der Waals surface area contributed by atoms with Crippen LogP contribution in [0, 0.1) is 23.7 Å². The second kappa shape index (κ2) is 5.35. The molecule has 0 aliphatic heterocycles. The van der Waals surface area contributed by atoms with Gasteiger partial charge in [-0.25, -0.2) is 0 Å². The van der Waals surface area contributed by atoms with Gasteiger partial charge in [0.2, 0.25) is 0 Å². The van der Waals surface area contributed by atoms with Crippen molar-refractivity contribution < 1.29 is 9.90 Å². The summed E-state index contributed by atoms with van der Waals surface area (Å²) in [5.74, 6) is 6.75. The monoisotopic (exact) mass is 249 g/mol. The summed E-state index contributed by atoms with van der Waals surface area (Å²) in [4.78, 5) is 13.3. The average Bonchev–Trinajstić information content (AvgIpc) is 2.84. The van der Waals surface area contributed by atoms with Crippen molar-refractivity contribution >= 4 is 17.2 Å². The molecule has 3 nitrogen and oxygen atoms in total. The predicted octanol–water partition coefficient (Wildman–Crippen LogP) is 1.48. The number of thiophene rings is 1. The third kappa shape index (κ3) is 3.32. The van der Waals surface area contributed by atoms with Crippen LogP contribution >= 0.6 is 11.3 Å². The lowest BCUT2D eigenvalue weighted by atomic mass is 10.3. The molecule has 2 atom stereocenters. The van der Waals surface area contributed by atoms with Crippen molar-refractivity contribution in [2.45, 2.75) is 13.3 Å². The van der Waals surface area contributed by atoms with Crippen LogP contribution in [0.1, 0.15) is 27.9 Å². The molecule has 90 valence electrons. The lowest BCUT2D eigenvalue weighted by Gasteiger charge is -2.01. The smallest absolute Gasteiger partial charge is 0.261 e. The van der Waals surface area contributed by atoms with E-state index < -0.39 is 0 Å². The van der Waals surface area contributed by atoms with E-state index in [0.29, 0.717) is 10.8 Å². The zero-order valence-corrected chi connectivity index (χ0v) is 10.5. The first kappa shape index (κ1) is 12.2. The van der Waals surface area contributed by atoms with Gasteiger partial charge >= 0.3 is 0 Å². The van der Waals surface area contributed by atoms with Gasteiger partial charge < -0.3 is 10.4 Å². The van der Waals surface area contributed by atoms with Crippen LogP contribution in [0.3, 0.4) is 0 Å². The number of carbonyl (C=O) groups excluding carboxylic acids is 1. The van der Waals surface area contributed by atoms with Gasteiger partial charge in [0, 0.05) is 6.54 Å². The zero-order chi connectivity index (χ0) is 12.3. The Bertz CT molecular complexity index is 469. The maximum Gasteiger partial charge on any atom is 0.261 e. The van der Waals surface area contributed by atoms with Gasteiger partial charge in [0.25, 0.3) is 5.91 Å². The highest BCUT2D eigenvalue weighted by Gasteiger charge is 2.32. The van der Waals surface area contributed by atoms with Crippen LogP contribution in [-0.4, -0.2) is 24.2 Å². The largest absolute Gasteiger partial charge is 0.384 e. The van der Waals surface area contributed by atoms with Gasteiger partial charge in [0.15, 0.2) is 0 Å². The Kier molecular flexibility index (Phi) is 3.82. The van der Waals surface area contributed by atoms with Crippen LogP contribution in [-0.2, 0) is 0 Å². The molecule has 0 saturated heterocycles. The van der Waals surface area contributed by atoms with Gasteiger partial charge in [-0.1, -0.05) is 18.8 Å². The molecule has 1 aliphatic rings. The topological polar surface area (TPSA) is 49.3 Å². The SMILES string of the molecule is CC1CC1CNC(=O)c1ccc(C#CCO)s1. The molecule has 0 bridgehead atoms. The summed E-state index contributed by atoms with van der Waals surface area (Å²) in [5, 5.41) is 11.5. The summed E-state index contributed by atoms with van der Waals surface area (Å²) < 4.78 is 0. The van der Waals surface area contributed by atoms with Gasteiger partial charge in [-0.05, 0) is 30.4 Å². The Morgan fingerprint density at radius 2 is 2.41 bits per heavy atom. The number of nitrogens with one attached hydrogen (secondary N) is 1. The summed E-state index contributed by atoms with van der Waals surface area (Å²) in [6.07, 6.45) is 1.22. The van der Waals surface area contributed by atoms with Crippen LogP contribution < -0.4 is 5.32 Å². The standard InChI is InChI=1S/C13H15NO2S/c1-9-7-10(9)8-14-13(16)12-5-4-11(17-12)3-2-6-15/h4-5,9-10,15H,6-8H2,1H3,(H,14,16). The van der Waals surface area contributed by atoms with Crippen molar-refractivity contribution in [2.75, 3.05) is 13.2 Å². The van der Waals surface area contributed by atoms with E-state index >= 15 is 0 Å². The molecule has 1 aromatic heterocycles. The van der Waals surface area contributed by atoms with Crippen LogP contribution in [0.5, 0.6) is 0 Å². The van der Waals surface area contributed by atoms with E-state index in [1.54, 1.807) is 6.07 Å². The first-order valence-electron chi connectivity index (χ1n) is 5.68. The summed E-state index contributed by atoms with van der Waals surface area (Å²) in [6.45, 7) is 2.82. The van der Waals surface area contributed by atoms with E-state index in [1.807, 2.05) is 6.07 Å². The van der Waals surface area contributed by atoms with E-state index in [-0.39, 0.29) is 12.5 Å². The van der Waals surface area contributed by atoms with Crippen molar-refractivity contribution in [3.8, 4) is 11.8 Å². The lowest BCUT2D eigenvalue weighted by Crippen LogP contribution is -2.24. The molecule has 1 heterocycles. The molecule has 2 unspecified atom stereocenters. The molecule has 0 radical (unpaired) electrons. The van der Waals surface area contributed by atoms with E-state index in [4.69, 9.17) is 5.11 Å². The Morgan fingerprint density at radius 1 is 1.65 bits per heavy atom. The molecular formula is C13H15NO2S. The number of rotatable bonds is 3. The molecule has 1 amide bonds. The Labute approximate surface area is 105 Å². The van der Waals surface area contributed by atoms with Crippen LogP contribution in [0.2, 0.25) is 0 Å². The fraction of sp³-hybridized carbons (Fsp3) is 0.462. The first-order chi connectivity index (χ1) is 8.20. The number of carbonyl (C=O) groups is 1. The number of hydrogen-bond donors (Lipinski definition) is 2. The molecule has 4 heteroatoms. The fourth-order valence-electron chi connectivity index (χ4n) is 1.65. The van der Waals surface area contributed by atoms with Gasteiger partial charge in [0.1, 0.15) is 6.61 Å². The minimum atomic E-state index is -0.154. The Morgan fingerprint density at radius 3 is 3.06 bits per heavy atom. The van der Waals surface area contributed by atoms with Crippen molar-refractivity contribution in [1.82, 2.24) is 5.32 Å². The normalized spacial score (nSPS) is 21.5. The van der Waals surface area contributed by atoms with Gasteiger partial charge in [-0.2, -0.15) is 0 Å². The van der Waals surface area contributed by atoms with E-state index in [1.165, 1.54) is 17.8 Å². The molecule has 1 fully saturated rings. The van der Waals surface area contributed by atoms with Gasteiger partial charge in [-0.15, -0.1) is 11.3 Å². The molecule has 1 aliphatic carbocycles. The summed E-state index contributed by atoms with van der Waals surface area (Å²) in [6, 6.07) is 3.58. The lowest BCUT2D eigenvalue weighted by molar-refractivity contribution is 0.0955. The van der Waals surface area contributed by atoms with Crippen LogP contribution in [0.25, 0.3) is 0 Å². The number of aliphatic hydroxyl groups is 1. The molecule has 1 saturated carbocycles. The zero-order valence-electron chi connectivity index (χ0n) is 9.69. The maximum atomic E-state index is 11.8. The molecule has 2 N–H and O–H groups in total. The summed E-state index contributed by atoms with van der Waals surface area (Å²) in [5.41, 5.74) is 0. The summed E-state index contributed by atoms with van der Waals surface area (Å²) >= 11 is 1.36. The molecular weight excluding hydrogens is 234 g/mol. The van der Waals surface area contributed by atoms with Crippen molar-refractivity contribution in [2.24, 2.45) is 11.8 Å². The Hall–Kier alpha value is -1.31. The van der Waals surface area contributed by atoms with Crippen LogP contribution in [0.15, 0.2) is 12.1 Å². The predicted molar refractivity (Wildman–Crippen MR) is 67.9 cm³/mol. The van der Waals surface area contributed by atoms with E-state index in [9.17, 15) is 4.79 Å². The van der Waals surface area contributed by atoms with E-state index in [2.05, 4.69) is 24.1 Å². The quantitative estimate of drug-likeness (QED) is 0.797. The van der Waals surface area contributed by atoms with Gasteiger partial charge in [-0.3, -0.25) is 4.79 Å². The first-order valence-corrected chi connectivity index (χ1v) is 6.50. The van der Waals surface area contributed by atoms with Crippen LogP contribution in [0.4, 0.5) is 0 Å². The minimum Gasteiger partial charge on any atom is -0.384 e. The highest BCUT2D eigenvalue weighted by molar-refractivity contribution is 7.14. The number of amides is 1. The fourth-order valence-corrected chi connectivity index (χ4v) is 2.45. The summed E-state index contributed by atoms with van der Waals surface area (Å²) in [7, 11) is 0. The average molecular weight is 249 g/mol. The highest BCUT2D eigenvalue weighted by atomic mass is 32.1. The van der Waals surface area contributed by atoms with E-state index in [0.717, 1.165) is 17.3 Å². The molecule has 1 aromatic rings. The Balaban J connectivity index is 1.88. The van der Waals surface area contributed by atoms with Crippen molar-refractivity contribution in [3.63, 3.8) is 0 Å².